The summed E-state index contributed by atoms with van der Waals surface area (Å²) in [5.41, 5.74) is 1.45. The van der Waals surface area contributed by atoms with Crippen LogP contribution in [0.5, 0.6) is 5.75 Å². The zero-order chi connectivity index (χ0) is 12.6. The first-order valence-electron chi connectivity index (χ1n) is 5.38. The van der Waals surface area contributed by atoms with Crippen molar-refractivity contribution in [1.29, 1.82) is 0 Å². The lowest BCUT2D eigenvalue weighted by Crippen LogP contribution is -2.04. The Morgan fingerprint density at radius 2 is 2.18 bits per heavy atom. The molecule has 0 radical (unpaired) electrons. The van der Waals surface area contributed by atoms with Crippen molar-refractivity contribution in [3.8, 4) is 5.75 Å². The van der Waals surface area contributed by atoms with Gasteiger partial charge in [0.15, 0.2) is 11.6 Å². The lowest BCUT2D eigenvalue weighted by atomic mass is 10.2. The minimum atomic E-state index is -0.408. The Hall–Kier alpha value is -1.29. The second-order valence-electron chi connectivity index (χ2n) is 4.10. The van der Waals surface area contributed by atoms with Gasteiger partial charge in [-0.3, -0.25) is 0 Å². The molecule has 3 nitrogen and oxygen atoms in total. The molecule has 0 saturated heterocycles. The maximum absolute atomic E-state index is 13.6. The molecule has 0 aliphatic rings. The van der Waals surface area contributed by atoms with Crippen LogP contribution in [0.2, 0.25) is 0 Å². The van der Waals surface area contributed by atoms with E-state index < -0.39 is 5.82 Å². The summed E-state index contributed by atoms with van der Waals surface area (Å²) in [5, 5.41) is 0. The van der Waals surface area contributed by atoms with Crippen LogP contribution in [0.4, 0.5) is 4.39 Å². The molecule has 2 rings (SSSR count). The Labute approximate surface area is 104 Å². The summed E-state index contributed by atoms with van der Waals surface area (Å²) >= 11 is 5.85. The fourth-order valence-corrected chi connectivity index (χ4v) is 2.16. The Morgan fingerprint density at radius 1 is 1.47 bits per heavy atom. The van der Waals surface area contributed by atoms with Crippen LogP contribution in [0.1, 0.15) is 25.7 Å². The molecule has 0 amide bonds. The number of benzene rings is 1. The topological polar surface area (TPSA) is 27.1 Å². The van der Waals surface area contributed by atoms with Crippen molar-refractivity contribution in [2.24, 2.45) is 0 Å². The average molecular weight is 257 g/mol. The van der Waals surface area contributed by atoms with Crippen molar-refractivity contribution >= 4 is 22.6 Å². The van der Waals surface area contributed by atoms with E-state index in [1.165, 1.54) is 13.2 Å². The van der Waals surface area contributed by atoms with E-state index in [1.807, 2.05) is 18.4 Å². The van der Waals surface area contributed by atoms with Gasteiger partial charge in [-0.05, 0) is 13.8 Å². The average Bonchev–Trinajstić information content (AvgIpc) is 2.65. The van der Waals surface area contributed by atoms with E-state index in [-0.39, 0.29) is 11.8 Å². The molecule has 0 atom stereocenters. The maximum Gasteiger partial charge on any atom is 0.167 e. The first kappa shape index (κ1) is 12.2. The molecule has 17 heavy (non-hydrogen) atoms. The van der Waals surface area contributed by atoms with Crippen LogP contribution in [-0.2, 0) is 5.88 Å². The number of fused-ring (bicyclic) bond motifs is 1. The summed E-state index contributed by atoms with van der Waals surface area (Å²) in [5.74, 6) is 0.857. The maximum atomic E-state index is 13.6. The van der Waals surface area contributed by atoms with Crippen LogP contribution in [0.15, 0.2) is 12.1 Å². The first-order chi connectivity index (χ1) is 8.08. The van der Waals surface area contributed by atoms with E-state index in [0.717, 1.165) is 11.3 Å². The molecule has 92 valence electrons. The first-order valence-corrected chi connectivity index (χ1v) is 5.92. The van der Waals surface area contributed by atoms with E-state index in [0.29, 0.717) is 11.4 Å². The summed E-state index contributed by atoms with van der Waals surface area (Å²) in [7, 11) is 1.45. The highest BCUT2D eigenvalue weighted by Crippen LogP contribution is 2.28. The lowest BCUT2D eigenvalue weighted by Gasteiger charge is -2.12. The van der Waals surface area contributed by atoms with Crippen molar-refractivity contribution in [2.75, 3.05) is 7.11 Å². The molecule has 0 aliphatic heterocycles. The molecule has 0 N–H and O–H groups in total. The summed E-state index contributed by atoms with van der Waals surface area (Å²) in [6.45, 7) is 4.07. The highest BCUT2D eigenvalue weighted by molar-refractivity contribution is 6.16. The Balaban J connectivity index is 2.76. The fourth-order valence-electron chi connectivity index (χ4n) is 1.97. The standard InChI is InChI=1S/C12H14ClFN2O/c1-7(2)16-10-5-11(17-3)8(14)4-9(10)15-12(16)6-13/h4-5,7H,6H2,1-3H3. The Morgan fingerprint density at radius 3 is 2.71 bits per heavy atom. The summed E-state index contributed by atoms with van der Waals surface area (Å²) < 4.78 is 20.5. The Kier molecular flexibility index (Phi) is 3.24. The third kappa shape index (κ3) is 1.97. The minimum absolute atomic E-state index is 0.212. The molecule has 0 aliphatic carbocycles. The number of ether oxygens (including phenoxy) is 1. The molecule has 0 fully saturated rings. The normalized spacial score (nSPS) is 11.4. The van der Waals surface area contributed by atoms with E-state index in [9.17, 15) is 4.39 Å². The molecule has 0 unspecified atom stereocenters. The summed E-state index contributed by atoms with van der Waals surface area (Å²) in [4.78, 5) is 4.32. The van der Waals surface area contributed by atoms with Gasteiger partial charge in [-0.25, -0.2) is 9.37 Å². The molecule has 1 heterocycles. The number of methoxy groups -OCH3 is 1. The van der Waals surface area contributed by atoms with Crippen molar-refractivity contribution in [2.45, 2.75) is 25.8 Å². The molecular formula is C12H14ClFN2O. The minimum Gasteiger partial charge on any atom is -0.494 e. The van der Waals surface area contributed by atoms with Gasteiger partial charge in [-0.2, -0.15) is 0 Å². The van der Waals surface area contributed by atoms with Gasteiger partial charge < -0.3 is 9.30 Å². The third-order valence-corrected chi connectivity index (χ3v) is 2.91. The van der Waals surface area contributed by atoms with Crippen LogP contribution in [0.25, 0.3) is 11.0 Å². The zero-order valence-corrected chi connectivity index (χ0v) is 10.8. The number of aromatic nitrogens is 2. The summed E-state index contributed by atoms with van der Waals surface area (Å²) in [6.07, 6.45) is 0. The molecule has 1 aromatic carbocycles. The van der Waals surface area contributed by atoms with Crippen molar-refractivity contribution in [3.05, 3.63) is 23.8 Å². The lowest BCUT2D eigenvalue weighted by molar-refractivity contribution is 0.387. The van der Waals surface area contributed by atoms with Crippen LogP contribution >= 0.6 is 11.6 Å². The van der Waals surface area contributed by atoms with Gasteiger partial charge in [-0.1, -0.05) is 0 Å². The molecular weight excluding hydrogens is 243 g/mol. The van der Waals surface area contributed by atoms with E-state index in [4.69, 9.17) is 16.3 Å². The van der Waals surface area contributed by atoms with Gasteiger partial charge in [0.25, 0.3) is 0 Å². The SMILES string of the molecule is COc1cc2c(cc1F)nc(CCl)n2C(C)C. The number of nitrogens with zero attached hydrogens (tertiary/aromatic N) is 2. The predicted octanol–water partition coefficient (Wildman–Crippen LogP) is 3.50. The molecule has 2 aromatic rings. The molecule has 5 heteroatoms. The monoisotopic (exact) mass is 256 g/mol. The molecule has 1 aromatic heterocycles. The van der Waals surface area contributed by atoms with Gasteiger partial charge >= 0.3 is 0 Å². The molecule has 0 saturated carbocycles. The van der Waals surface area contributed by atoms with Gasteiger partial charge in [0.1, 0.15) is 5.82 Å². The van der Waals surface area contributed by atoms with Gasteiger partial charge in [-0.15, -0.1) is 11.6 Å². The van der Waals surface area contributed by atoms with E-state index >= 15 is 0 Å². The smallest absolute Gasteiger partial charge is 0.167 e. The van der Waals surface area contributed by atoms with Crippen LogP contribution in [0.3, 0.4) is 0 Å². The van der Waals surface area contributed by atoms with E-state index in [1.54, 1.807) is 6.07 Å². The highest BCUT2D eigenvalue weighted by Gasteiger charge is 2.15. The predicted molar refractivity (Wildman–Crippen MR) is 66.2 cm³/mol. The van der Waals surface area contributed by atoms with Gasteiger partial charge in [0.2, 0.25) is 0 Å². The second-order valence-corrected chi connectivity index (χ2v) is 4.37. The zero-order valence-electron chi connectivity index (χ0n) is 10.00. The quantitative estimate of drug-likeness (QED) is 0.786. The number of halogens is 2. The van der Waals surface area contributed by atoms with Crippen molar-refractivity contribution in [3.63, 3.8) is 0 Å². The summed E-state index contributed by atoms with van der Waals surface area (Å²) in [6, 6.07) is 3.25. The number of imidazole rings is 1. The molecule has 0 spiro atoms. The second kappa shape index (κ2) is 4.53. The Bertz CT molecular complexity index is 551. The fraction of sp³-hybridized carbons (Fsp3) is 0.417. The van der Waals surface area contributed by atoms with Crippen molar-refractivity contribution in [1.82, 2.24) is 9.55 Å². The van der Waals surface area contributed by atoms with Crippen LogP contribution < -0.4 is 4.74 Å². The molecule has 0 bridgehead atoms. The van der Waals surface area contributed by atoms with Gasteiger partial charge in [0.05, 0.1) is 24.0 Å². The van der Waals surface area contributed by atoms with Crippen LogP contribution in [0, 0.1) is 5.82 Å². The third-order valence-electron chi connectivity index (χ3n) is 2.67. The van der Waals surface area contributed by atoms with E-state index in [2.05, 4.69) is 4.98 Å². The van der Waals surface area contributed by atoms with Gasteiger partial charge in [0, 0.05) is 18.2 Å². The number of rotatable bonds is 3. The highest BCUT2D eigenvalue weighted by atomic mass is 35.5. The largest absolute Gasteiger partial charge is 0.494 e. The number of hydrogen-bond donors (Lipinski definition) is 0. The number of alkyl halides is 1. The van der Waals surface area contributed by atoms with Crippen molar-refractivity contribution < 1.29 is 9.13 Å². The number of hydrogen-bond acceptors (Lipinski definition) is 2. The van der Waals surface area contributed by atoms with Crippen LogP contribution in [-0.4, -0.2) is 16.7 Å².